The number of allylic oxidation sites excluding steroid dienone is 6. The topological polar surface area (TPSA) is 0 Å². The summed E-state index contributed by atoms with van der Waals surface area (Å²) >= 11 is 0. The molecule has 0 unspecified atom stereocenters. The summed E-state index contributed by atoms with van der Waals surface area (Å²) in [6.07, 6.45) is 12.9. The van der Waals surface area contributed by atoms with Crippen LogP contribution in [0.3, 0.4) is 0 Å². The molecule has 0 amide bonds. The summed E-state index contributed by atoms with van der Waals surface area (Å²) in [5.41, 5.74) is 4.40. The normalized spacial score (nSPS) is 12.1. The first-order valence-corrected chi connectivity index (χ1v) is 14.5. The van der Waals surface area contributed by atoms with Gasteiger partial charge in [-0.1, -0.05) is 83.5 Å². The van der Waals surface area contributed by atoms with Crippen molar-refractivity contribution in [1.29, 1.82) is 0 Å². The van der Waals surface area contributed by atoms with Crippen LogP contribution in [0.2, 0.25) is 0 Å². The molecular weight excluding hydrogens is 463 g/mol. The van der Waals surface area contributed by atoms with Gasteiger partial charge in [0.2, 0.25) is 0 Å². The van der Waals surface area contributed by atoms with Crippen molar-refractivity contribution < 1.29 is 12.4 Å². The Morgan fingerprint density at radius 2 is 0.914 bits per heavy atom. The van der Waals surface area contributed by atoms with E-state index in [1.807, 2.05) is 0 Å². The maximum absolute atomic E-state index is 2.52. The van der Waals surface area contributed by atoms with Gasteiger partial charge in [0, 0.05) is 0 Å². The fourth-order valence-corrected chi connectivity index (χ4v) is 8.60. The first kappa shape index (κ1) is 28.8. The molecule has 0 aliphatic heterocycles. The molecule has 0 N–H and O–H groups in total. The molecule has 3 rings (SSSR count). The lowest BCUT2D eigenvalue weighted by Crippen LogP contribution is -3.00. The first-order chi connectivity index (χ1) is 16.5. The zero-order valence-corrected chi connectivity index (χ0v) is 23.4. The summed E-state index contributed by atoms with van der Waals surface area (Å²) in [4.78, 5) is 0. The average Bonchev–Trinajstić information content (AvgIpc) is 2.86. The van der Waals surface area contributed by atoms with Crippen molar-refractivity contribution >= 4 is 23.2 Å². The van der Waals surface area contributed by atoms with Gasteiger partial charge in [0.1, 0.15) is 23.2 Å². The van der Waals surface area contributed by atoms with Crippen molar-refractivity contribution in [3.8, 4) is 0 Å². The molecule has 184 valence electrons. The third kappa shape index (κ3) is 8.34. The third-order valence-electron chi connectivity index (χ3n) is 6.43. The van der Waals surface area contributed by atoms with Crippen LogP contribution in [0.25, 0.3) is 0 Å². The number of halogens is 1. The standard InChI is InChI=1S/C33H40P.ClH/c1-28(2)16-14-17-29(3)18-15-19-30(4)26-27-34(31-20-8-5-9-21-31,32-22-10-6-11-23-32)33-24-12-7-13-25-33;/h5-13,16,18,20-26H,14-15,17,19,27H2,1-4H3;1H/q+1;/p-1. The molecule has 0 saturated carbocycles. The maximum atomic E-state index is 2.52. The Morgan fingerprint density at radius 1 is 0.543 bits per heavy atom. The third-order valence-corrected chi connectivity index (χ3v) is 10.7. The van der Waals surface area contributed by atoms with E-state index in [4.69, 9.17) is 0 Å². The Kier molecular flexibility index (Phi) is 12.3. The van der Waals surface area contributed by atoms with Crippen LogP contribution in [0.15, 0.2) is 126 Å². The molecule has 0 radical (unpaired) electrons. The van der Waals surface area contributed by atoms with E-state index in [0.717, 1.165) is 25.4 Å². The molecule has 0 saturated heterocycles. The summed E-state index contributed by atoms with van der Waals surface area (Å²) in [7, 11) is -1.78. The lowest BCUT2D eigenvalue weighted by Gasteiger charge is -2.27. The molecule has 35 heavy (non-hydrogen) atoms. The van der Waals surface area contributed by atoms with E-state index in [-0.39, 0.29) is 12.4 Å². The van der Waals surface area contributed by atoms with Crippen LogP contribution in [-0.2, 0) is 0 Å². The highest BCUT2D eigenvalue weighted by molar-refractivity contribution is 7.95. The van der Waals surface area contributed by atoms with Gasteiger partial charge in [-0.15, -0.1) is 0 Å². The van der Waals surface area contributed by atoms with Gasteiger partial charge in [0.15, 0.2) is 0 Å². The zero-order valence-electron chi connectivity index (χ0n) is 21.8. The van der Waals surface area contributed by atoms with Crippen molar-refractivity contribution in [1.82, 2.24) is 0 Å². The summed E-state index contributed by atoms with van der Waals surface area (Å²) in [6.45, 7) is 8.93. The van der Waals surface area contributed by atoms with E-state index in [2.05, 4.69) is 137 Å². The van der Waals surface area contributed by atoms with Gasteiger partial charge in [0.25, 0.3) is 0 Å². The highest BCUT2D eigenvalue weighted by Gasteiger charge is 2.44. The molecule has 0 aromatic heterocycles. The second kappa shape index (κ2) is 14.9. The predicted molar refractivity (Wildman–Crippen MR) is 155 cm³/mol. The Labute approximate surface area is 220 Å². The molecule has 3 aromatic rings. The smallest absolute Gasteiger partial charge is 0.115 e. The van der Waals surface area contributed by atoms with Crippen LogP contribution in [0.4, 0.5) is 0 Å². The molecular formula is C33H40ClP. The van der Waals surface area contributed by atoms with E-state index in [9.17, 15) is 0 Å². The van der Waals surface area contributed by atoms with Crippen molar-refractivity contribution in [3.63, 3.8) is 0 Å². The van der Waals surface area contributed by atoms with Crippen LogP contribution < -0.4 is 28.3 Å². The van der Waals surface area contributed by atoms with Gasteiger partial charge in [-0.3, -0.25) is 0 Å². The average molecular weight is 503 g/mol. The van der Waals surface area contributed by atoms with Gasteiger partial charge in [0.05, 0.1) is 6.16 Å². The minimum Gasteiger partial charge on any atom is -1.00 e. The summed E-state index contributed by atoms with van der Waals surface area (Å²) in [6, 6.07) is 33.5. The fraction of sp³-hybridized carbons (Fsp3) is 0.273. The van der Waals surface area contributed by atoms with E-state index in [1.165, 1.54) is 39.1 Å². The van der Waals surface area contributed by atoms with Gasteiger partial charge in [-0.2, -0.15) is 0 Å². The monoisotopic (exact) mass is 502 g/mol. The number of hydrogen-bond donors (Lipinski definition) is 0. The van der Waals surface area contributed by atoms with E-state index < -0.39 is 7.26 Å². The minimum absolute atomic E-state index is 0. The van der Waals surface area contributed by atoms with Crippen LogP contribution in [-0.4, -0.2) is 6.16 Å². The van der Waals surface area contributed by atoms with Crippen LogP contribution in [0, 0.1) is 0 Å². The van der Waals surface area contributed by atoms with Gasteiger partial charge < -0.3 is 12.4 Å². The Balaban J connectivity index is 0.00000432. The predicted octanol–water partition coefficient (Wildman–Crippen LogP) is 5.40. The summed E-state index contributed by atoms with van der Waals surface area (Å²) in [5, 5.41) is 4.35. The lowest BCUT2D eigenvalue weighted by molar-refractivity contribution is -0.00000709. The van der Waals surface area contributed by atoms with E-state index in [1.54, 1.807) is 0 Å². The van der Waals surface area contributed by atoms with Gasteiger partial charge in [-0.25, -0.2) is 0 Å². The Hall–Kier alpha value is -2.40. The van der Waals surface area contributed by atoms with E-state index in [0.29, 0.717) is 0 Å². The van der Waals surface area contributed by atoms with Crippen LogP contribution in [0.5, 0.6) is 0 Å². The first-order valence-electron chi connectivity index (χ1n) is 12.5. The fourth-order valence-electron chi connectivity index (χ4n) is 4.44. The second-order valence-electron chi connectivity index (χ2n) is 9.46. The number of hydrogen-bond acceptors (Lipinski definition) is 0. The molecule has 0 aliphatic rings. The molecule has 0 aliphatic carbocycles. The molecule has 2 heteroatoms. The van der Waals surface area contributed by atoms with Gasteiger partial charge >= 0.3 is 0 Å². The highest BCUT2D eigenvalue weighted by Crippen LogP contribution is 2.55. The minimum atomic E-state index is -1.78. The quantitative estimate of drug-likeness (QED) is 0.243. The van der Waals surface area contributed by atoms with E-state index >= 15 is 0 Å². The molecule has 0 fully saturated rings. The van der Waals surface area contributed by atoms with Crippen molar-refractivity contribution in [2.24, 2.45) is 0 Å². The number of rotatable bonds is 11. The molecule has 3 aromatic carbocycles. The SMILES string of the molecule is CC(C)=CCCC(C)=CCCC(C)=CC[P+](c1ccccc1)(c1ccccc1)c1ccccc1.[Cl-]. The number of benzene rings is 3. The van der Waals surface area contributed by atoms with Crippen LogP contribution >= 0.6 is 7.26 Å². The lowest BCUT2D eigenvalue weighted by atomic mass is 10.1. The van der Waals surface area contributed by atoms with Gasteiger partial charge in [-0.05, 0) is 95.9 Å². The Morgan fingerprint density at radius 3 is 1.31 bits per heavy atom. The zero-order chi connectivity index (χ0) is 24.2. The second-order valence-corrected chi connectivity index (χ2v) is 13.0. The molecule has 0 nitrogen and oxygen atoms in total. The Bertz CT molecular complexity index is 995. The molecule has 0 bridgehead atoms. The molecule has 0 spiro atoms. The van der Waals surface area contributed by atoms with Crippen molar-refractivity contribution in [3.05, 3.63) is 126 Å². The molecule has 0 heterocycles. The highest BCUT2D eigenvalue weighted by atomic mass is 35.5. The molecule has 0 atom stereocenters. The summed E-state index contributed by atoms with van der Waals surface area (Å²) < 4.78 is 0. The van der Waals surface area contributed by atoms with Crippen molar-refractivity contribution in [2.45, 2.75) is 53.4 Å². The van der Waals surface area contributed by atoms with Crippen LogP contribution in [0.1, 0.15) is 53.4 Å². The maximum Gasteiger partial charge on any atom is 0.115 e. The van der Waals surface area contributed by atoms with Crippen molar-refractivity contribution in [2.75, 3.05) is 6.16 Å². The largest absolute Gasteiger partial charge is 1.00 e. The summed E-state index contributed by atoms with van der Waals surface area (Å²) in [5.74, 6) is 0.